The van der Waals surface area contributed by atoms with E-state index in [0.29, 0.717) is 11.6 Å². The Kier molecular flexibility index (Phi) is 5.18. The standard InChI is InChI=1S/C18H22BrN3O/c1-20-18(23)16-12-22(17-8-7-13(19)11-15(16)17)10-4-6-14-5-2-3-9-21-14/h4,6-8,11-12,14,21H,2-3,5,9-10H2,1H3,(H,20,23)/b6-4+. The molecule has 2 heterocycles. The summed E-state index contributed by atoms with van der Waals surface area (Å²) in [4.78, 5) is 12.1. The van der Waals surface area contributed by atoms with Gasteiger partial charge in [0.25, 0.3) is 5.91 Å². The molecule has 1 aromatic heterocycles. The first kappa shape index (κ1) is 16.3. The van der Waals surface area contributed by atoms with E-state index >= 15 is 0 Å². The largest absolute Gasteiger partial charge is 0.355 e. The molecule has 0 spiro atoms. The molecule has 1 saturated heterocycles. The van der Waals surface area contributed by atoms with Gasteiger partial charge in [-0.1, -0.05) is 34.5 Å². The molecule has 2 N–H and O–H groups in total. The second kappa shape index (κ2) is 7.32. The molecular weight excluding hydrogens is 354 g/mol. The third kappa shape index (κ3) is 3.67. The van der Waals surface area contributed by atoms with E-state index in [1.165, 1.54) is 19.3 Å². The zero-order chi connectivity index (χ0) is 16.2. The zero-order valence-electron chi connectivity index (χ0n) is 13.3. The first-order chi connectivity index (χ1) is 11.2. The first-order valence-electron chi connectivity index (χ1n) is 8.09. The van der Waals surface area contributed by atoms with E-state index in [-0.39, 0.29) is 5.91 Å². The van der Waals surface area contributed by atoms with Crippen molar-refractivity contribution in [2.45, 2.75) is 31.8 Å². The fourth-order valence-electron chi connectivity index (χ4n) is 3.12. The number of halogens is 1. The average molecular weight is 376 g/mol. The van der Waals surface area contributed by atoms with E-state index in [1.807, 2.05) is 18.3 Å². The molecule has 1 amide bonds. The van der Waals surface area contributed by atoms with Gasteiger partial charge in [0.15, 0.2) is 0 Å². The van der Waals surface area contributed by atoms with Gasteiger partial charge in [-0.05, 0) is 37.6 Å². The summed E-state index contributed by atoms with van der Waals surface area (Å²) >= 11 is 3.49. The Morgan fingerprint density at radius 1 is 1.48 bits per heavy atom. The third-order valence-corrected chi connectivity index (χ3v) is 4.83. The number of benzene rings is 1. The summed E-state index contributed by atoms with van der Waals surface area (Å²) < 4.78 is 3.11. The lowest BCUT2D eigenvalue weighted by atomic mass is 10.0. The number of rotatable bonds is 4. The normalized spacial score (nSPS) is 18.6. The highest BCUT2D eigenvalue weighted by Crippen LogP contribution is 2.25. The van der Waals surface area contributed by atoms with Crippen LogP contribution in [0, 0.1) is 0 Å². The number of piperidine rings is 1. The van der Waals surface area contributed by atoms with Crippen molar-refractivity contribution in [3.63, 3.8) is 0 Å². The quantitative estimate of drug-likeness (QED) is 0.803. The highest BCUT2D eigenvalue weighted by Gasteiger charge is 2.14. The molecule has 5 heteroatoms. The summed E-state index contributed by atoms with van der Waals surface area (Å²) in [6.45, 7) is 1.88. The minimum Gasteiger partial charge on any atom is -0.355 e. The number of hydrogen-bond acceptors (Lipinski definition) is 2. The second-order valence-corrected chi connectivity index (χ2v) is 6.84. The fraction of sp³-hybridized carbons (Fsp3) is 0.389. The lowest BCUT2D eigenvalue weighted by molar-refractivity contribution is 0.0964. The van der Waals surface area contributed by atoms with E-state index in [0.717, 1.165) is 28.5 Å². The number of amides is 1. The number of carbonyl (C=O) groups is 1. The van der Waals surface area contributed by atoms with Gasteiger partial charge in [-0.15, -0.1) is 0 Å². The summed E-state index contributed by atoms with van der Waals surface area (Å²) in [5.41, 5.74) is 1.79. The van der Waals surface area contributed by atoms with Crippen LogP contribution in [0.3, 0.4) is 0 Å². The first-order valence-corrected chi connectivity index (χ1v) is 8.89. The van der Waals surface area contributed by atoms with E-state index in [4.69, 9.17) is 0 Å². The highest BCUT2D eigenvalue weighted by atomic mass is 79.9. The van der Waals surface area contributed by atoms with Crippen LogP contribution in [0.5, 0.6) is 0 Å². The lowest BCUT2D eigenvalue weighted by Crippen LogP contribution is -2.32. The Labute approximate surface area is 145 Å². The van der Waals surface area contributed by atoms with E-state index in [9.17, 15) is 4.79 Å². The Bertz CT molecular complexity index is 729. The third-order valence-electron chi connectivity index (χ3n) is 4.33. The predicted molar refractivity (Wildman–Crippen MR) is 97.8 cm³/mol. The summed E-state index contributed by atoms with van der Waals surface area (Å²) in [6, 6.07) is 6.55. The maximum absolute atomic E-state index is 12.1. The number of allylic oxidation sites excluding steroid dienone is 1. The van der Waals surface area contributed by atoms with E-state index < -0.39 is 0 Å². The van der Waals surface area contributed by atoms with Crippen LogP contribution < -0.4 is 10.6 Å². The van der Waals surface area contributed by atoms with Crippen LogP contribution in [-0.4, -0.2) is 30.1 Å². The molecule has 122 valence electrons. The van der Waals surface area contributed by atoms with Crippen molar-refractivity contribution < 1.29 is 4.79 Å². The maximum atomic E-state index is 12.1. The maximum Gasteiger partial charge on any atom is 0.253 e. The molecule has 0 radical (unpaired) electrons. The number of hydrogen-bond donors (Lipinski definition) is 2. The molecule has 1 aliphatic heterocycles. The molecular formula is C18H22BrN3O. The minimum atomic E-state index is -0.0511. The van der Waals surface area contributed by atoms with Crippen molar-refractivity contribution in [1.29, 1.82) is 0 Å². The van der Waals surface area contributed by atoms with Gasteiger partial charge in [-0.25, -0.2) is 0 Å². The minimum absolute atomic E-state index is 0.0511. The van der Waals surface area contributed by atoms with Gasteiger partial charge in [-0.3, -0.25) is 4.79 Å². The van der Waals surface area contributed by atoms with Crippen LogP contribution in [0.25, 0.3) is 10.9 Å². The summed E-state index contributed by atoms with van der Waals surface area (Å²) in [6.07, 6.45) is 10.2. The second-order valence-electron chi connectivity index (χ2n) is 5.92. The van der Waals surface area contributed by atoms with Gasteiger partial charge in [0, 0.05) is 41.2 Å². The van der Waals surface area contributed by atoms with Crippen LogP contribution in [0.15, 0.2) is 41.0 Å². The number of nitrogens with zero attached hydrogens (tertiary/aromatic N) is 1. The van der Waals surface area contributed by atoms with E-state index in [2.05, 4.69) is 49.3 Å². The van der Waals surface area contributed by atoms with Crippen LogP contribution in [0.1, 0.15) is 29.6 Å². The van der Waals surface area contributed by atoms with Gasteiger partial charge >= 0.3 is 0 Å². The summed E-state index contributed by atoms with van der Waals surface area (Å²) in [5.74, 6) is -0.0511. The van der Waals surface area contributed by atoms with Gasteiger partial charge in [0.1, 0.15) is 0 Å². The number of nitrogens with one attached hydrogen (secondary N) is 2. The smallest absolute Gasteiger partial charge is 0.253 e. The van der Waals surface area contributed by atoms with Gasteiger partial charge in [-0.2, -0.15) is 0 Å². The van der Waals surface area contributed by atoms with Crippen molar-refractivity contribution in [3.8, 4) is 0 Å². The fourth-order valence-corrected chi connectivity index (χ4v) is 3.48. The number of fused-ring (bicyclic) bond motifs is 1. The SMILES string of the molecule is CNC(=O)c1cn(C/C=C/C2CCCCN2)c2ccc(Br)cc12. The topological polar surface area (TPSA) is 46.1 Å². The Morgan fingerprint density at radius 2 is 2.35 bits per heavy atom. The highest BCUT2D eigenvalue weighted by molar-refractivity contribution is 9.10. The zero-order valence-corrected chi connectivity index (χ0v) is 14.9. The molecule has 0 aliphatic carbocycles. The van der Waals surface area contributed by atoms with Gasteiger partial charge in [0.2, 0.25) is 0 Å². The van der Waals surface area contributed by atoms with Crippen molar-refractivity contribution in [1.82, 2.24) is 15.2 Å². The Balaban J connectivity index is 1.85. The molecule has 1 atom stereocenters. The average Bonchev–Trinajstić information content (AvgIpc) is 2.93. The molecule has 1 aliphatic rings. The molecule has 1 aromatic carbocycles. The molecule has 0 bridgehead atoms. The molecule has 1 fully saturated rings. The molecule has 4 nitrogen and oxygen atoms in total. The molecule has 23 heavy (non-hydrogen) atoms. The summed E-state index contributed by atoms with van der Waals surface area (Å²) in [7, 11) is 1.66. The predicted octanol–water partition coefficient (Wildman–Crippen LogP) is 3.46. The summed E-state index contributed by atoms with van der Waals surface area (Å²) in [5, 5.41) is 7.21. The van der Waals surface area contributed by atoms with Crippen LogP contribution in [0.4, 0.5) is 0 Å². The van der Waals surface area contributed by atoms with Gasteiger partial charge in [0.05, 0.1) is 5.56 Å². The Hall–Kier alpha value is -1.59. The molecule has 0 saturated carbocycles. The number of aromatic nitrogens is 1. The van der Waals surface area contributed by atoms with Crippen molar-refractivity contribution in [2.24, 2.45) is 0 Å². The van der Waals surface area contributed by atoms with Gasteiger partial charge < -0.3 is 15.2 Å². The molecule has 1 unspecified atom stereocenters. The van der Waals surface area contributed by atoms with Crippen LogP contribution >= 0.6 is 15.9 Å². The monoisotopic (exact) mass is 375 g/mol. The number of carbonyl (C=O) groups excluding carboxylic acids is 1. The molecule has 2 aromatic rings. The van der Waals surface area contributed by atoms with Crippen molar-refractivity contribution in [2.75, 3.05) is 13.6 Å². The van der Waals surface area contributed by atoms with Crippen molar-refractivity contribution >= 4 is 32.7 Å². The molecule has 3 rings (SSSR count). The van der Waals surface area contributed by atoms with Crippen LogP contribution in [0.2, 0.25) is 0 Å². The lowest BCUT2D eigenvalue weighted by Gasteiger charge is -2.20. The van der Waals surface area contributed by atoms with Crippen molar-refractivity contribution in [3.05, 3.63) is 46.6 Å². The van der Waals surface area contributed by atoms with E-state index in [1.54, 1.807) is 7.05 Å². The van der Waals surface area contributed by atoms with Crippen LogP contribution in [-0.2, 0) is 6.54 Å². The Morgan fingerprint density at radius 3 is 3.09 bits per heavy atom.